The van der Waals surface area contributed by atoms with Crippen molar-refractivity contribution in [2.75, 3.05) is 12.0 Å². The van der Waals surface area contributed by atoms with Crippen molar-refractivity contribution in [1.82, 2.24) is 0 Å². The Morgan fingerprint density at radius 3 is 2.50 bits per heavy atom. The third-order valence-corrected chi connectivity index (χ3v) is 2.19. The first kappa shape index (κ1) is 13.8. The predicted molar refractivity (Wildman–Crippen MR) is 61.4 cm³/mol. The molecule has 0 saturated heterocycles. The molecule has 0 fully saturated rings. The summed E-state index contributed by atoms with van der Waals surface area (Å²) >= 11 is 1.74. The molecule has 4 heteroatoms. The average molecular weight is 219 g/mol. The van der Waals surface area contributed by atoms with Crippen LogP contribution in [0.5, 0.6) is 0 Å². The number of nitrogens with two attached hydrogens (primary N) is 1. The van der Waals surface area contributed by atoms with E-state index in [1.807, 2.05) is 27.0 Å². The predicted octanol–water partition coefficient (Wildman–Crippen LogP) is 1.80. The Bertz CT molecular complexity index is 177. The van der Waals surface area contributed by atoms with Gasteiger partial charge in [0.05, 0.1) is 6.42 Å². The smallest absolute Gasteiger partial charge is 0.307 e. The molecule has 0 heterocycles. The minimum atomic E-state index is -0.406. The second-order valence-corrected chi connectivity index (χ2v) is 5.32. The van der Waals surface area contributed by atoms with Gasteiger partial charge >= 0.3 is 5.97 Å². The Hall–Kier alpha value is -0.220. The monoisotopic (exact) mass is 219 g/mol. The van der Waals surface area contributed by atoms with E-state index in [1.54, 1.807) is 11.8 Å². The molecule has 14 heavy (non-hydrogen) atoms. The Kier molecular flexibility index (Phi) is 6.20. The molecule has 0 amide bonds. The van der Waals surface area contributed by atoms with Crippen molar-refractivity contribution in [2.24, 2.45) is 5.73 Å². The van der Waals surface area contributed by atoms with Crippen LogP contribution in [0, 0.1) is 0 Å². The molecule has 1 atom stereocenters. The van der Waals surface area contributed by atoms with Crippen molar-refractivity contribution in [3.63, 3.8) is 0 Å². The third kappa shape index (κ3) is 8.38. The molecular formula is C10H21NO2S. The molecule has 2 N–H and O–H groups in total. The van der Waals surface area contributed by atoms with Gasteiger partial charge in [0.25, 0.3) is 0 Å². The van der Waals surface area contributed by atoms with Crippen molar-refractivity contribution in [1.29, 1.82) is 0 Å². The van der Waals surface area contributed by atoms with Crippen LogP contribution >= 0.6 is 11.8 Å². The summed E-state index contributed by atoms with van der Waals surface area (Å²) in [5, 5.41) is 0. The Morgan fingerprint density at radius 2 is 2.07 bits per heavy atom. The van der Waals surface area contributed by atoms with Crippen LogP contribution in [0.15, 0.2) is 0 Å². The SMILES string of the molecule is CSCC[C@@H](N)CC(=O)OC(C)(C)C. The van der Waals surface area contributed by atoms with E-state index in [0.29, 0.717) is 6.42 Å². The maximum Gasteiger partial charge on any atom is 0.307 e. The van der Waals surface area contributed by atoms with Gasteiger partial charge in [0.1, 0.15) is 5.60 Å². The number of ether oxygens (including phenoxy) is 1. The molecule has 0 aromatic heterocycles. The van der Waals surface area contributed by atoms with Crippen LogP contribution in [-0.4, -0.2) is 29.6 Å². The molecule has 3 nitrogen and oxygen atoms in total. The van der Waals surface area contributed by atoms with Gasteiger partial charge in [-0.05, 0) is 39.2 Å². The number of hydrogen-bond donors (Lipinski definition) is 1. The van der Waals surface area contributed by atoms with E-state index in [0.717, 1.165) is 12.2 Å². The summed E-state index contributed by atoms with van der Waals surface area (Å²) < 4.78 is 5.16. The van der Waals surface area contributed by atoms with E-state index in [-0.39, 0.29) is 12.0 Å². The number of carbonyl (C=O) groups is 1. The zero-order valence-electron chi connectivity index (χ0n) is 9.50. The summed E-state index contributed by atoms with van der Waals surface area (Å²) in [6.45, 7) is 5.58. The van der Waals surface area contributed by atoms with Crippen LogP contribution in [0.2, 0.25) is 0 Å². The largest absolute Gasteiger partial charge is 0.460 e. The minimum absolute atomic E-state index is 0.0719. The standard InChI is InChI=1S/C10H21NO2S/c1-10(2,3)13-9(12)7-8(11)5-6-14-4/h8H,5-7,11H2,1-4H3/t8-/m1/s1. The molecule has 0 spiro atoms. The van der Waals surface area contributed by atoms with Gasteiger partial charge in [-0.3, -0.25) is 4.79 Å². The van der Waals surface area contributed by atoms with Gasteiger partial charge in [0.2, 0.25) is 0 Å². The molecular weight excluding hydrogens is 198 g/mol. The molecule has 0 rings (SSSR count). The molecule has 0 aromatic rings. The maximum atomic E-state index is 11.3. The quantitative estimate of drug-likeness (QED) is 0.716. The third-order valence-electron chi connectivity index (χ3n) is 1.54. The van der Waals surface area contributed by atoms with Gasteiger partial charge in [-0.25, -0.2) is 0 Å². The lowest BCUT2D eigenvalue weighted by molar-refractivity contribution is -0.155. The van der Waals surface area contributed by atoms with Crippen LogP contribution < -0.4 is 5.73 Å². The second kappa shape index (κ2) is 6.30. The number of esters is 1. The van der Waals surface area contributed by atoms with Gasteiger partial charge in [-0.1, -0.05) is 0 Å². The molecule has 0 aromatic carbocycles. The van der Waals surface area contributed by atoms with Crippen molar-refractivity contribution >= 4 is 17.7 Å². The minimum Gasteiger partial charge on any atom is -0.460 e. The Morgan fingerprint density at radius 1 is 1.50 bits per heavy atom. The second-order valence-electron chi connectivity index (χ2n) is 4.33. The zero-order chi connectivity index (χ0) is 11.2. The average Bonchev–Trinajstić information content (AvgIpc) is 1.96. The van der Waals surface area contributed by atoms with Gasteiger partial charge in [0, 0.05) is 6.04 Å². The van der Waals surface area contributed by atoms with E-state index in [2.05, 4.69) is 0 Å². The fourth-order valence-corrected chi connectivity index (χ4v) is 1.51. The lowest BCUT2D eigenvalue weighted by Crippen LogP contribution is -2.30. The van der Waals surface area contributed by atoms with Gasteiger partial charge in [-0.2, -0.15) is 11.8 Å². The van der Waals surface area contributed by atoms with Gasteiger partial charge in [0.15, 0.2) is 0 Å². The van der Waals surface area contributed by atoms with Crippen molar-refractivity contribution in [2.45, 2.75) is 45.3 Å². The van der Waals surface area contributed by atoms with E-state index >= 15 is 0 Å². The Labute approximate surface area is 90.8 Å². The first-order chi connectivity index (χ1) is 6.35. The van der Waals surface area contributed by atoms with Crippen molar-refractivity contribution in [3.8, 4) is 0 Å². The maximum absolute atomic E-state index is 11.3. The summed E-state index contributed by atoms with van der Waals surface area (Å²) in [7, 11) is 0. The van der Waals surface area contributed by atoms with Crippen LogP contribution in [0.4, 0.5) is 0 Å². The van der Waals surface area contributed by atoms with E-state index in [9.17, 15) is 4.79 Å². The number of carbonyl (C=O) groups excluding carboxylic acids is 1. The highest BCUT2D eigenvalue weighted by Gasteiger charge is 2.18. The fourth-order valence-electron chi connectivity index (χ4n) is 0.969. The normalized spacial score (nSPS) is 13.8. The highest BCUT2D eigenvalue weighted by atomic mass is 32.2. The number of hydrogen-bond acceptors (Lipinski definition) is 4. The molecule has 0 radical (unpaired) electrons. The summed E-state index contributed by atoms with van der Waals surface area (Å²) in [5.41, 5.74) is 5.36. The molecule has 0 aliphatic heterocycles. The lowest BCUT2D eigenvalue weighted by atomic mass is 10.1. The summed E-state index contributed by atoms with van der Waals surface area (Å²) in [6, 6.07) is -0.0719. The summed E-state index contributed by atoms with van der Waals surface area (Å²) in [5.74, 6) is 0.787. The molecule has 0 bridgehead atoms. The molecule has 0 unspecified atom stereocenters. The van der Waals surface area contributed by atoms with Crippen LogP contribution in [0.1, 0.15) is 33.6 Å². The van der Waals surface area contributed by atoms with E-state index in [1.165, 1.54) is 0 Å². The van der Waals surface area contributed by atoms with E-state index in [4.69, 9.17) is 10.5 Å². The number of rotatable bonds is 5. The highest BCUT2D eigenvalue weighted by molar-refractivity contribution is 7.98. The molecule has 0 aliphatic carbocycles. The first-order valence-corrected chi connectivity index (χ1v) is 6.21. The van der Waals surface area contributed by atoms with Gasteiger partial charge in [-0.15, -0.1) is 0 Å². The lowest BCUT2D eigenvalue weighted by Gasteiger charge is -2.20. The van der Waals surface area contributed by atoms with Crippen LogP contribution in [-0.2, 0) is 9.53 Å². The van der Waals surface area contributed by atoms with Crippen LogP contribution in [0.3, 0.4) is 0 Å². The van der Waals surface area contributed by atoms with Crippen molar-refractivity contribution < 1.29 is 9.53 Å². The number of thioether (sulfide) groups is 1. The van der Waals surface area contributed by atoms with Crippen molar-refractivity contribution in [3.05, 3.63) is 0 Å². The first-order valence-electron chi connectivity index (χ1n) is 4.81. The zero-order valence-corrected chi connectivity index (χ0v) is 10.3. The molecule has 0 aliphatic rings. The fraction of sp³-hybridized carbons (Fsp3) is 0.900. The van der Waals surface area contributed by atoms with Crippen LogP contribution in [0.25, 0.3) is 0 Å². The van der Waals surface area contributed by atoms with E-state index < -0.39 is 5.60 Å². The molecule has 0 saturated carbocycles. The highest BCUT2D eigenvalue weighted by Crippen LogP contribution is 2.10. The molecule has 84 valence electrons. The Balaban J connectivity index is 3.71. The summed E-state index contributed by atoms with van der Waals surface area (Å²) in [6.07, 6.45) is 3.21. The topological polar surface area (TPSA) is 52.3 Å². The summed E-state index contributed by atoms with van der Waals surface area (Å²) in [4.78, 5) is 11.3. The van der Waals surface area contributed by atoms with Gasteiger partial charge < -0.3 is 10.5 Å².